The summed E-state index contributed by atoms with van der Waals surface area (Å²) in [6, 6.07) is 11.3. The van der Waals surface area contributed by atoms with Gasteiger partial charge >= 0.3 is 5.97 Å². The third kappa shape index (κ3) is 4.04. The molecule has 2 rings (SSSR count). The van der Waals surface area contributed by atoms with E-state index in [1.807, 2.05) is 30.3 Å². The topological polar surface area (TPSA) is 74.4 Å². The fourth-order valence-corrected chi connectivity index (χ4v) is 2.33. The van der Waals surface area contributed by atoms with Crippen LogP contribution in [-0.4, -0.2) is 31.2 Å². The number of methoxy groups -OCH3 is 1. The van der Waals surface area contributed by atoms with E-state index < -0.39 is 5.41 Å². The number of carbonyl (C=O) groups excluding carboxylic acids is 1. The van der Waals surface area contributed by atoms with Crippen molar-refractivity contribution in [3.8, 4) is 17.0 Å². The van der Waals surface area contributed by atoms with Gasteiger partial charge in [0.25, 0.3) is 0 Å². The molecular formula is C18H23ClN2O3. The highest BCUT2D eigenvalue weighted by Gasteiger charge is 2.35. The van der Waals surface area contributed by atoms with E-state index in [2.05, 4.69) is 4.98 Å². The van der Waals surface area contributed by atoms with Crippen LogP contribution in [0.2, 0.25) is 0 Å². The Labute approximate surface area is 148 Å². The largest absolute Gasteiger partial charge is 0.497 e. The van der Waals surface area contributed by atoms with Gasteiger partial charge in [0.2, 0.25) is 0 Å². The summed E-state index contributed by atoms with van der Waals surface area (Å²) in [6.45, 7) is 4.07. The van der Waals surface area contributed by atoms with Crippen molar-refractivity contribution in [1.29, 1.82) is 0 Å². The molecule has 0 aliphatic rings. The van der Waals surface area contributed by atoms with Crippen LogP contribution in [0.5, 0.6) is 5.75 Å². The van der Waals surface area contributed by atoms with E-state index in [4.69, 9.17) is 15.2 Å². The number of benzene rings is 1. The van der Waals surface area contributed by atoms with Crippen molar-refractivity contribution in [1.82, 2.24) is 4.98 Å². The van der Waals surface area contributed by atoms with Crippen molar-refractivity contribution in [3.63, 3.8) is 0 Å². The van der Waals surface area contributed by atoms with Gasteiger partial charge in [-0.25, -0.2) is 0 Å². The Morgan fingerprint density at radius 1 is 1.29 bits per heavy atom. The molecule has 2 aromatic rings. The summed E-state index contributed by atoms with van der Waals surface area (Å²) in [4.78, 5) is 16.7. The number of nitrogens with two attached hydrogens (primary N) is 1. The highest BCUT2D eigenvalue weighted by molar-refractivity contribution is 5.85. The molecule has 0 spiro atoms. The second kappa shape index (κ2) is 8.66. The number of halogens is 1. The molecule has 130 valence electrons. The van der Waals surface area contributed by atoms with Gasteiger partial charge in [0.15, 0.2) is 0 Å². The Balaban J connectivity index is 0.00000288. The van der Waals surface area contributed by atoms with Gasteiger partial charge in [-0.1, -0.05) is 18.2 Å². The van der Waals surface area contributed by atoms with Crippen LogP contribution in [0.4, 0.5) is 0 Å². The molecule has 24 heavy (non-hydrogen) atoms. The lowest BCUT2D eigenvalue weighted by Gasteiger charge is -2.26. The zero-order chi connectivity index (χ0) is 16.9. The molecule has 0 aliphatic carbocycles. The Hall–Kier alpha value is -2.11. The molecule has 0 saturated heterocycles. The van der Waals surface area contributed by atoms with E-state index in [1.165, 1.54) is 0 Å². The average Bonchev–Trinajstić information content (AvgIpc) is 2.61. The number of aromatic nitrogens is 1. The van der Waals surface area contributed by atoms with Crippen LogP contribution < -0.4 is 10.5 Å². The van der Waals surface area contributed by atoms with E-state index in [1.54, 1.807) is 33.2 Å². The molecule has 0 bridgehead atoms. The van der Waals surface area contributed by atoms with Crippen LogP contribution in [0.1, 0.15) is 19.4 Å². The molecular weight excluding hydrogens is 328 g/mol. The molecule has 2 N–H and O–H groups in total. The molecule has 1 unspecified atom stereocenters. The minimum Gasteiger partial charge on any atom is -0.497 e. The number of carbonyl (C=O) groups is 1. The lowest BCUT2D eigenvalue weighted by molar-refractivity contribution is -0.149. The Bertz CT molecular complexity index is 693. The van der Waals surface area contributed by atoms with Crippen molar-refractivity contribution < 1.29 is 14.3 Å². The van der Waals surface area contributed by atoms with Crippen molar-refractivity contribution in [2.45, 2.75) is 19.3 Å². The van der Waals surface area contributed by atoms with Crippen LogP contribution in [-0.2, 0) is 14.9 Å². The predicted octanol–water partition coefficient (Wildman–Crippen LogP) is 2.96. The van der Waals surface area contributed by atoms with Crippen LogP contribution in [0.15, 0.2) is 42.6 Å². The van der Waals surface area contributed by atoms with Crippen molar-refractivity contribution >= 4 is 18.4 Å². The second-order valence-electron chi connectivity index (χ2n) is 5.42. The molecule has 0 aliphatic heterocycles. The van der Waals surface area contributed by atoms with E-state index in [0.29, 0.717) is 6.61 Å². The molecule has 1 aromatic heterocycles. The maximum Gasteiger partial charge on any atom is 0.317 e. The van der Waals surface area contributed by atoms with Gasteiger partial charge in [-0.2, -0.15) is 0 Å². The number of hydrogen-bond donors (Lipinski definition) is 1. The lowest BCUT2D eigenvalue weighted by Crippen LogP contribution is -2.41. The van der Waals surface area contributed by atoms with Crippen LogP contribution in [0.25, 0.3) is 11.3 Å². The molecule has 1 atom stereocenters. The highest BCUT2D eigenvalue weighted by Crippen LogP contribution is 2.29. The summed E-state index contributed by atoms with van der Waals surface area (Å²) < 4.78 is 10.4. The number of hydrogen-bond acceptors (Lipinski definition) is 5. The van der Waals surface area contributed by atoms with Crippen LogP contribution in [0, 0.1) is 0 Å². The highest BCUT2D eigenvalue weighted by atomic mass is 35.5. The zero-order valence-corrected chi connectivity index (χ0v) is 14.9. The molecule has 1 aromatic carbocycles. The molecule has 6 heteroatoms. The first-order valence-corrected chi connectivity index (χ1v) is 7.53. The van der Waals surface area contributed by atoms with Crippen molar-refractivity contribution in [2.75, 3.05) is 20.3 Å². The quantitative estimate of drug-likeness (QED) is 0.811. The number of ether oxygens (including phenoxy) is 2. The summed E-state index contributed by atoms with van der Waals surface area (Å²) in [5, 5.41) is 0. The molecule has 0 amide bonds. The Morgan fingerprint density at radius 2 is 2.04 bits per heavy atom. The first kappa shape index (κ1) is 19.9. The molecule has 0 radical (unpaired) electrons. The first-order valence-electron chi connectivity index (χ1n) is 7.53. The smallest absolute Gasteiger partial charge is 0.317 e. The SMILES string of the molecule is CCOC(=O)C(C)(CN)c1cccc(-c2cc(OC)ccn2)c1.Cl. The van der Waals surface area contributed by atoms with E-state index >= 15 is 0 Å². The number of pyridine rings is 1. The van der Waals surface area contributed by atoms with Crippen LogP contribution in [0.3, 0.4) is 0 Å². The van der Waals surface area contributed by atoms with Gasteiger partial charge in [0.05, 0.1) is 19.4 Å². The van der Waals surface area contributed by atoms with Gasteiger partial charge in [-0.05, 0) is 31.5 Å². The third-order valence-electron chi connectivity index (χ3n) is 3.90. The number of esters is 1. The standard InChI is InChI=1S/C18H22N2O3.ClH/c1-4-23-17(21)18(2,12-19)14-7-5-6-13(10-14)16-11-15(22-3)8-9-20-16;/h5-11H,4,12,19H2,1-3H3;1H. The predicted molar refractivity (Wildman–Crippen MR) is 96.5 cm³/mol. The summed E-state index contributed by atoms with van der Waals surface area (Å²) in [5.41, 5.74) is 7.46. The second-order valence-corrected chi connectivity index (χ2v) is 5.42. The number of nitrogens with zero attached hydrogens (tertiary/aromatic N) is 1. The molecule has 5 nitrogen and oxygen atoms in total. The van der Waals surface area contributed by atoms with Gasteiger partial charge in [-0.15, -0.1) is 12.4 Å². The fourth-order valence-electron chi connectivity index (χ4n) is 2.33. The normalized spacial score (nSPS) is 12.7. The Kier molecular flexibility index (Phi) is 7.19. The van der Waals surface area contributed by atoms with E-state index in [9.17, 15) is 4.79 Å². The van der Waals surface area contributed by atoms with Crippen LogP contribution >= 0.6 is 12.4 Å². The van der Waals surface area contributed by atoms with Gasteiger partial charge in [0.1, 0.15) is 11.2 Å². The average molecular weight is 351 g/mol. The first-order chi connectivity index (χ1) is 11.0. The molecule has 0 fully saturated rings. The molecule has 0 saturated carbocycles. The third-order valence-corrected chi connectivity index (χ3v) is 3.90. The monoisotopic (exact) mass is 350 g/mol. The van der Waals surface area contributed by atoms with Gasteiger partial charge in [0, 0.05) is 24.4 Å². The van der Waals surface area contributed by atoms with E-state index in [-0.39, 0.29) is 24.9 Å². The Morgan fingerprint density at radius 3 is 2.67 bits per heavy atom. The van der Waals surface area contributed by atoms with E-state index in [0.717, 1.165) is 22.6 Å². The van der Waals surface area contributed by atoms with Crippen molar-refractivity contribution in [2.24, 2.45) is 5.73 Å². The summed E-state index contributed by atoms with van der Waals surface area (Å²) in [6.07, 6.45) is 1.69. The minimum absolute atomic E-state index is 0. The fraction of sp³-hybridized carbons (Fsp3) is 0.333. The summed E-state index contributed by atoms with van der Waals surface area (Å²) in [5.74, 6) is 0.408. The summed E-state index contributed by atoms with van der Waals surface area (Å²) in [7, 11) is 1.61. The summed E-state index contributed by atoms with van der Waals surface area (Å²) >= 11 is 0. The maximum atomic E-state index is 12.3. The maximum absolute atomic E-state index is 12.3. The molecule has 1 heterocycles. The van der Waals surface area contributed by atoms with Gasteiger partial charge in [-0.3, -0.25) is 9.78 Å². The minimum atomic E-state index is -0.884. The van der Waals surface area contributed by atoms with Crippen molar-refractivity contribution in [3.05, 3.63) is 48.2 Å². The lowest BCUT2D eigenvalue weighted by atomic mass is 9.81. The number of rotatable bonds is 6. The zero-order valence-electron chi connectivity index (χ0n) is 14.1. The van der Waals surface area contributed by atoms with Gasteiger partial charge < -0.3 is 15.2 Å².